The fourth-order valence-electron chi connectivity index (χ4n) is 3.36. The van der Waals surface area contributed by atoms with Gasteiger partial charge in [-0.2, -0.15) is 13.2 Å². The van der Waals surface area contributed by atoms with Crippen molar-refractivity contribution in [3.63, 3.8) is 0 Å². The van der Waals surface area contributed by atoms with Crippen LogP contribution in [0.1, 0.15) is 55.6 Å². The standard InChI is InChI=1S/C17H22F3N5/c1-2-10-25-16(21-22-23-25)12-24-11-4-3-5-15(24)13-6-8-14(9-7-13)17(18,19)20/h6-9,15H,2-5,10-12H2,1H3. The Morgan fingerprint density at radius 1 is 1.16 bits per heavy atom. The number of piperidine rings is 1. The van der Waals surface area contributed by atoms with E-state index in [1.165, 1.54) is 12.1 Å². The molecule has 0 amide bonds. The smallest absolute Gasteiger partial charge is 0.289 e. The Labute approximate surface area is 144 Å². The summed E-state index contributed by atoms with van der Waals surface area (Å²) in [5.41, 5.74) is 0.313. The molecular weight excluding hydrogens is 331 g/mol. The van der Waals surface area contributed by atoms with Gasteiger partial charge in [0.1, 0.15) is 0 Å². The summed E-state index contributed by atoms with van der Waals surface area (Å²) in [6, 6.07) is 5.64. The average Bonchev–Trinajstić information content (AvgIpc) is 3.02. The summed E-state index contributed by atoms with van der Waals surface area (Å²) in [7, 11) is 0. The number of aromatic nitrogens is 4. The van der Waals surface area contributed by atoms with Crippen LogP contribution in [0, 0.1) is 0 Å². The van der Waals surface area contributed by atoms with Crippen LogP contribution in [0.5, 0.6) is 0 Å². The highest BCUT2D eigenvalue weighted by atomic mass is 19.4. The van der Waals surface area contributed by atoms with Crippen LogP contribution in [0.3, 0.4) is 0 Å². The van der Waals surface area contributed by atoms with Crippen molar-refractivity contribution >= 4 is 0 Å². The Morgan fingerprint density at radius 2 is 1.92 bits per heavy atom. The zero-order valence-corrected chi connectivity index (χ0v) is 14.2. The third kappa shape index (κ3) is 4.18. The van der Waals surface area contributed by atoms with Gasteiger partial charge in [-0.25, -0.2) is 4.68 Å². The molecule has 1 aliphatic rings. The van der Waals surface area contributed by atoms with Crippen LogP contribution in [0.4, 0.5) is 13.2 Å². The quantitative estimate of drug-likeness (QED) is 0.820. The second-order valence-electron chi connectivity index (χ2n) is 6.42. The molecule has 0 saturated carbocycles. The Kier molecular flexibility index (Phi) is 5.36. The van der Waals surface area contributed by atoms with Crippen LogP contribution in [-0.2, 0) is 19.3 Å². The maximum atomic E-state index is 12.8. The molecule has 0 bridgehead atoms. The molecule has 136 valence electrons. The lowest BCUT2D eigenvalue weighted by molar-refractivity contribution is -0.137. The molecule has 25 heavy (non-hydrogen) atoms. The van der Waals surface area contributed by atoms with Crippen molar-refractivity contribution in [2.45, 2.75) is 57.9 Å². The number of rotatable bonds is 5. The van der Waals surface area contributed by atoms with Gasteiger partial charge in [-0.15, -0.1) is 5.10 Å². The van der Waals surface area contributed by atoms with E-state index in [1.54, 1.807) is 16.8 Å². The largest absolute Gasteiger partial charge is 0.416 e. The number of benzene rings is 1. The summed E-state index contributed by atoms with van der Waals surface area (Å²) >= 11 is 0. The number of hydrogen-bond acceptors (Lipinski definition) is 4. The van der Waals surface area contributed by atoms with Crippen LogP contribution in [0.25, 0.3) is 0 Å². The van der Waals surface area contributed by atoms with Crippen molar-refractivity contribution < 1.29 is 13.2 Å². The van der Waals surface area contributed by atoms with Gasteiger partial charge in [-0.05, 0) is 53.9 Å². The van der Waals surface area contributed by atoms with E-state index in [0.29, 0.717) is 6.54 Å². The molecule has 0 N–H and O–H groups in total. The van der Waals surface area contributed by atoms with Gasteiger partial charge in [-0.3, -0.25) is 4.90 Å². The van der Waals surface area contributed by atoms with E-state index in [4.69, 9.17) is 0 Å². The molecule has 1 aromatic carbocycles. The first-order valence-electron chi connectivity index (χ1n) is 8.65. The molecule has 2 aromatic rings. The Morgan fingerprint density at radius 3 is 2.60 bits per heavy atom. The minimum Gasteiger partial charge on any atom is -0.289 e. The molecule has 5 nitrogen and oxygen atoms in total. The first-order valence-corrected chi connectivity index (χ1v) is 8.65. The van der Waals surface area contributed by atoms with E-state index < -0.39 is 11.7 Å². The lowest BCUT2D eigenvalue weighted by Gasteiger charge is -2.35. The highest BCUT2D eigenvalue weighted by Gasteiger charge is 2.31. The molecular formula is C17H22F3N5. The van der Waals surface area contributed by atoms with Crippen LogP contribution in [0.2, 0.25) is 0 Å². The molecule has 1 fully saturated rings. The number of hydrogen-bond donors (Lipinski definition) is 0. The minimum absolute atomic E-state index is 0.0998. The third-order valence-electron chi connectivity index (χ3n) is 4.62. The molecule has 8 heteroatoms. The normalized spacial score (nSPS) is 19.3. The fraction of sp³-hybridized carbons (Fsp3) is 0.588. The van der Waals surface area contributed by atoms with E-state index in [0.717, 1.165) is 50.2 Å². The molecule has 2 heterocycles. The third-order valence-corrected chi connectivity index (χ3v) is 4.62. The number of aryl methyl sites for hydroxylation is 1. The monoisotopic (exact) mass is 353 g/mol. The lowest BCUT2D eigenvalue weighted by atomic mass is 9.94. The predicted octanol–water partition coefficient (Wildman–Crippen LogP) is 3.83. The van der Waals surface area contributed by atoms with Gasteiger partial charge >= 0.3 is 6.18 Å². The van der Waals surface area contributed by atoms with Crippen molar-refractivity contribution in [2.75, 3.05) is 6.54 Å². The van der Waals surface area contributed by atoms with Gasteiger partial charge in [0, 0.05) is 12.6 Å². The van der Waals surface area contributed by atoms with Gasteiger partial charge in [0.05, 0.1) is 12.1 Å². The van der Waals surface area contributed by atoms with Gasteiger partial charge < -0.3 is 0 Å². The van der Waals surface area contributed by atoms with E-state index in [1.807, 2.05) is 0 Å². The molecule has 1 atom stereocenters. The van der Waals surface area contributed by atoms with Gasteiger partial charge in [0.25, 0.3) is 0 Å². The van der Waals surface area contributed by atoms with Crippen molar-refractivity contribution in [2.24, 2.45) is 0 Å². The lowest BCUT2D eigenvalue weighted by Crippen LogP contribution is -2.34. The molecule has 1 saturated heterocycles. The second-order valence-corrected chi connectivity index (χ2v) is 6.42. The van der Waals surface area contributed by atoms with Gasteiger partial charge in [0.15, 0.2) is 5.82 Å². The summed E-state index contributed by atoms with van der Waals surface area (Å²) in [6.45, 7) is 4.34. The van der Waals surface area contributed by atoms with E-state index in [2.05, 4.69) is 27.3 Å². The summed E-state index contributed by atoms with van der Waals surface area (Å²) < 4.78 is 40.1. The fourth-order valence-corrected chi connectivity index (χ4v) is 3.36. The molecule has 1 aromatic heterocycles. The van der Waals surface area contributed by atoms with Crippen molar-refractivity contribution in [3.05, 3.63) is 41.2 Å². The van der Waals surface area contributed by atoms with Crippen molar-refractivity contribution in [1.82, 2.24) is 25.1 Å². The van der Waals surface area contributed by atoms with E-state index >= 15 is 0 Å². The summed E-state index contributed by atoms with van der Waals surface area (Å²) in [5, 5.41) is 11.9. The highest BCUT2D eigenvalue weighted by molar-refractivity contribution is 5.27. The number of alkyl halides is 3. The van der Waals surface area contributed by atoms with E-state index in [-0.39, 0.29) is 6.04 Å². The van der Waals surface area contributed by atoms with Crippen molar-refractivity contribution in [1.29, 1.82) is 0 Å². The maximum Gasteiger partial charge on any atom is 0.416 e. The zero-order chi connectivity index (χ0) is 17.9. The maximum absolute atomic E-state index is 12.8. The summed E-state index contributed by atoms with van der Waals surface area (Å²) in [6.07, 6.45) is -0.275. The van der Waals surface area contributed by atoms with Crippen molar-refractivity contribution in [3.8, 4) is 0 Å². The molecule has 0 spiro atoms. The first kappa shape index (κ1) is 17.8. The van der Waals surface area contributed by atoms with E-state index in [9.17, 15) is 13.2 Å². The Balaban J connectivity index is 1.78. The minimum atomic E-state index is -4.30. The second kappa shape index (κ2) is 7.51. The van der Waals surface area contributed by atoms with Crippen LogP contribution >= 0.6 is 0 Å². The molecule has 3 rings (SSSR count). The summed E-state index contributed by atoms with van der Waals surface area (Å²) in [5.74, 6) is 0.806. The molecule has 0 aliphatic carbocycles. The zero-order valence-electron chi connectivity index (χ0n) is 14.2. The van der Waals surface area contributed by atoms with Gasteiger partial charge in [0.2, 0.25) is 0 Å². The number of halogens is 3. The SMILES string of the molecule is CCCn1nnnc1CN1CCCCC1c1ccc(C(F)(F)F)cc1. The first-order chi connectivity index (χ1) is 12.0. The Bertz CT molecular complexity index is 680. The van der Waals surface area contributed by atoms with Crippen LogP contribution in [0.15, 0.2) is 24.3 Å². The summed E-state index contributed by atoms with van der Waals surface area (Å²) in [4.78, 5) is 2.27. The Hall–Kier alpha value is -1.96. The molecule has 1 unspecified atom stereocenters. The molecule has 0 radical (unpaired) electrons. The topological polar surface area (TPSA) is 46.8 Å². The number of likely N-dealkylation sites (tertiary alicyclic amines) is 1. The number of nitrogens with zero attached hydrogens (tertiary/aromatic N) is 5. The molecule has 1 aliphatic heterocycles. The predicted molar refractivity (Wildman–Crippen MR) is 86.6 cm³/mol. The highest BCUT2D eigenvalue weighted by Crippen LogP contribution is 2.34. The number of tetrazole rings is 1. The average molecular weight is 353 g/mol. The van der Waals surface area contributed by atoms with Gasteiger partial charge in [-0.1, -0.05) is 25.5 Å². The van der Waals surface area contributed by atoms with Crippen LogP contribution < -0.4 is 0 Å². The van der Waals surface area contributed by atoms with Crippen LogP contribution in [-0.4, -0.2) is 31.7 Å².